The molecule has 0 radical (unpaired) electrons. The molecule has 0 spiro atoms. The number of nitrogens with zero attached hydrogens (tertiary/aromatic N) is 1. The fraction of sp³-hybridized carbons (Fsp3) is 0.333. The average molecular weight is 384 g/mol. The Hall–Kier alpha value is -3.06. The number of anilines is 1. The zero-order valence-corrected chi connectivity index (χ0v) is 16.5. The standard InChI is InChI=1S/C21H24N2O5/c1-5-23(6-2)12-19(24)22-13-7-8-16-15(9-13)21(25)20-17(27-4)10-14(26-3)11-18(20)28-16/h7-11H,5-6,12H2,1-4H3,(H,22,24). The van der Waals surface area contributed by atoms with Gasteiger partial charge in [0.15, 0.2) is 0 Å². The molecule has 0 aliphatic heterocycles. The van der Waals surface area contributed by atoms with Crippen LogP contribution in [0.5, 0.6) is 11.5 Å². The van der Waals surface area contributed by atoms with E-state index in [9.17, 15) is 9.59 Å². The molecule has 0 unspecified atom stereocenters. The SMILES string of the molecule is CCN(CC)CC(=O)Nc1ccc2oc3cc(OC)cc(OC)c3c(=O)c2c1. The third kappa shape index (κ3) is 3.80. The highest BCUT2D eigenvalue weighted by atomic mass is 16.5. The molecule has 3 rings (SSSR count). The van der Waals surface area contributed by atoms with Crippen molar-refractivity contribution in [2.24, 2.45) is 0 Å². The van der Waals surface area contributed by atoms with Gasteiger partial charge < -0.3 is 19.2 Å². The largest absolute Gasteiger partial charge is 0.496 e. The van der Waals surface area contributed by atoms with E-state index in [4.69, 9.17) is 13.9 Å². The second-order valence-electron chi connectivity index (χ2n) is 6.35. The van der Waals surface area contributed by atoms with Gasteiger partial charge in [-0.2, -0.15) is 0 Å². The van der Waals surface area contributed by atoms with Crippen LogP contribution in [-0.4, -0.2) is 44.7 Å². The summed E-state index contributed by atoms with van der Waals surface area (Å²) in [6.45, 7) is 5.89. The summed E-state index contributed by atoms with van der Waals surface area (Å²) in [5, 5.41) is 3.55. The normalized spacial score (nSPS) is 11.2. The Morgan fingerprint density at radius 1 is 1.07 bits per heavy atom. The van der Waals surface area contributed by atoms with Crippen molar-refractivity contribution in [2.45, 2.75) is 13.8 Å². The molecule has 2 aromatic carbocycles. The number of hydrogen-bond acceptors (Lipinski definition) is 6. The topological polar surface area (TPSA) is 81.0 Å². The van der Waals surface area contributed by atoms with Crippen molar-refractivity contribution < 1.29 is 18.7 Å². The Morgan fingerprint density at radius 2 is 1.82 bits per heavy atom. The number of carbonyl (C=O) groups excluding carboxylic acids is 1. The second-order valence-corrected chi connectivity index (χ2v) is 6.35. The van der Waals surface area contributed by atoms with E-state index in [-0.39, 0.29) is 11.3 Å². The molecule has 1 N–H and O–H groups in total. The first kappa shape index (κ1) is 19.7. The molecule has 3 aromatic rings. The van der Waals surface area contributed by atoms with E-state index in [0.717, 1.165) is 13.1 Å². The lowest BCUT2D eigenvalue weighted by Crippen LogP contribution is -2.32. The van der Waals surface area contributed by atoms with Gasteiger partial charge in [0.05, 0.1) is 26.2 Å². The van der Waals surface area contributed by atoms with Crippen LogP contribution in [0.4, 0.5) is 5.69 Å². The third-order valence-electron chi connectivity index (χ3n) is 4.71. The zero-order chi connectivity index (χ0) is 20.3. The Kier molecular flexibility index (Phi) is 5.84. The number of benzene rings is 2. The van der Waals surface area contributed by atoms with E-state index >= 15 is 0 Å². The first-order valence-electron chi connectivity index (χ1n) is 9.15. The maximum atomic E-state index is 13.1. The summed E-state index contributed by atoms with van der Waals surface area (Å²) >= 11 is 0. The lowest BCUT2D eigenvalue weighted by molar-refractivity contribution is -0.117. The molecule has 7 heteroatoms. The van der Waals surface area contributed by atoms with Crippen molar-refractivity contribution >= 4 is 33.5 Å². The summed E-state index contributed by atoms with van der Waals surface area (Å²) in [5.74, 6) is 0.781. The average Bonchev–Trinajstić information content (AvgIpc) is 2.71. The number of carbonyl (C=O) groups is 1. The number of nitrogens with one attached hydrogen (secondary N) is 1. The van der Waals surface area contributed by atoms with Crippen molar-refractivity contribution in [1.29, 1.82) is 0 Å². The van der Waals surface area contributed by atoms with Gasteiger partial charge in [0.2, 0.25) is 11.3 Å². The predicted molar refractivity (Wildman–Crippen MR) is 110 cm³/mol. The highest BCUT2D eigenvalue weighted by Crippen LogP contribution is 2.31. The van der Waals surface area contributed by atoms with Crippen molar-refractivity contribution in [3.63, 3.8) is 0 Å². The van der Waals surface area contributed by atoms with Gasteiger partial charge >= 0.3 is 0 Å². The summed E-state index contributed by atoms with van der Waals surface area (Å²) in [7, 11) is 3.02. The van der Waals surface area contributed by atoms with Gasteiger partial charge in [-0.1, -0.05) is 13.8 Å². The van der Waals surface area contributed by atoms with Gasteiger partial charge in [-0.3, -0.25) is 14.5 Å². The monoisotopic (exact) mass is 384 g/mol. The quantitative estimate of drug-likeness (QED) is 0.630. The molecular formula is C21H24N2O5. The predicted octanol–water partition coefficient (Wildman–Crippen LogP) is 3.24. The highest BCUT2D eigenvalue weighted by molar-refractivity contribution is 5.98. The van der Waals surface area contributed by atoms with Crippen molar-refractivity contribution in [3.8, 4) is 11.5 Å². The molecule has 1 aromatic heterocycles. The molecule has 0 saturated carbocycles. The van der Waals surface area contributed by atoms with Crippen molar-refractivity contribution in [1.82, 2.24) is 4.90 Å². The second kappa shape index (κ2) is 8.31. The van der Waals surface area contributed by atoms with E-state index in [1.54, 1.807) is 30.3 Å². The zero-order valence-electron chi connectivity index (χ0n) is 16.5. The minimum Gasteiger partial charge on any atom is -0.496 e. The van der Waals surface area contributed by atoms with E-state index in [1.807, 2.05) is 18.7 Å². The van der Waals surface area contributed by atoms with Gasteiger partial charge in [-0.05, 0) is 31.3 Å². The van der Waals surface area contributed by atoms with Crippen LogP contribution in [0.15, 0.2) is 39.5 Å². The summed E-state index contributed by atoms with van der Waals surface area (Å²) in [4.78, 5) is 27.3. The summed E-state index contributed by atoms with van der Waals surface area (Å²) < 4.78 is 16.5. The summed E-state index contributed by atoms with van der Waals surface area (Å²) in [6.07, 6.45) is 0. The van der Waals surface area contributed by atoms with Crippen LogP contribution in [0.1, 0.15) is 13.8 Å². The lowest BCUT2D eigenvalue weighted by Gasteiger charge is -2.17. The Labute approximate surface area is 162 Å². The Morgan fingerprint density at radius 3 is 2.46 bits per heavy atom. The maximum Gasteiger partial charge on any atom is 0.238 e. The van der Waals surface area contributed by atoms with Crippen LogP contribution in [0.3, 0.4) is 0 Å². The molecule has 0 atom stereocenters. The van der Waals surface area contributed by atoms with Gasteiger partial charge in [-0.15, -0.1) is 0 Å². The minimum atomic E-state index is -0.226. The molecule has 148 valence electrons. The molecule has 28 heavy (non-hydrogen) atoms. The van der Waals surface area contributed by atoms with Gasteiger partial charge in [0.1, 0.15) is 28.1 Å². The molecule has 0 saturated heterocycles. The maximum absolute atomic E-state index is 13.1. The smallest absolute Gasteiger partial charge is 0.238 e. The van der Waals surface area contributed by atoms with E-state index in [0.29, 0.717) is 45.7 Å². The first-order valence-corrected chi connectivity index (χ1v) is 9.15. The molecule has 1 amide bonds. The third-order valence-corrected chi connectivity index (χ3v) is 4.71. The van der Waals surface area contributed by atoms with Crippen molar-refractivity contribution in [2.75, 3.05) is 39.2 Å². The van der Waals surface area contributed by atoms with Crippen LogP contribution in [-0.2, 0) is 4.79 Å². The molecule has 0 fully saturated rings. The molecule has 7 nitrogen and oxygen atoms in total. The molecule has 1 heterocycles. The van der Waals surface area contributed by atoms with E-state index in [2.05, 4.69) is 5.32 Å². The van der Waals surface area contributed by atoms with Crippen molar-refractivity contribution in [3.05, 3.63) is 40.6 Å². The fourth-order valence-electron chi connectivity index (χ4n) is 3.13. The first-order chi connectivity index (χ1) is 13.5. The number of likely N-dealkylation sites (N-methyl/N-ethyl adjacent to an activating group) is 1. The molecule has 0 bridgehead atoms. The molecular weight excluding hydrogens is 360 g/mol. The van der Waals surface area contributed by atoms with Crippen LogP contribution in [0.25, 0.3) is 21.9 Å². The van der Waals surface area contributed by atoms with Gasteiger partial charge in [0.25, 0.3) is 0 Å². The van der Waals surface area contributed by atoms with E-state index < -0.39 is 0 Å². The van der Waals surface area contributed by atoms with Crippen LogP contribution in [0.2, 0.25) is 0 Å². The number of rotatable bonds is 7. The fourth-order valence-corrected chi connectivity index (χ4v) is 3.13. The van der Waals surface area contributed by atoms with Crippen LogP contribution >= 0.6 is 0 Å². The minimum absolute atomic E-state index is 0.129. The molecule has 0 aliphatic rings. The highest BCUT2D eigenvalue weighted by Gasteiger charge is 2.15. The number of ether oxygens (including phenoxy) is 2. The number of fused-ring (bicyclic) bond motifs is 2. The number of hydrogen-bond donors (Lipinski definition) is 1. The van der Waals surface area contributed by atoms with Gasteiger partial charge in [-0.25, -0.2) is 0 Å². The van der Waals surface area contributed by atoms with Gasteiger partial charge in [0, 0.05) is 17.8 Å². The summed E-state index contributed by atoms with van der Waals surface area (Å²) in [6, 6.07) is 8.31. The lowest BCUT2D eigenvalue weighted by atomic mass is 10.1. The van der Waals surface area contributed by atoms with E-state index in [1.165, 1.54) is 14.2 Å². The van der Waals surface area contributed by atoms with Crippen LogP contribution < -0.4 is 20.2 Å². The Bertz CT molecular complexity index is 1070. The summed E-state index contributed by atoms with van der Waals surface area (Å²) in [5.41, 5.74) is 1.13. The Balaban J connectivity index is 2.04. The van der Waals surface area contributed by atoms with Crippen LogP contribution in [0, 0.1) is 0 Å². The number of amides is 1. The number of methoxy groups -OCH3 is 2. The molecule has 0 aliphatic carbocycles.